The zero-order chi connectivity index (χ0) is 22.9. The molecule has 2 aromatic heterocycles. The number of likely N-dealkylation sites (tertiary alicyclic amines) is 1. The van der Waals surface area contributed by atoms with Crippen molar-refractivity contribution >= 4 is 17.7 Å². The number of para-hydroxylation sites is 2. The van der Waals surface area contributed by atoms with Gasteiger partial charge in [-0.1, -0.05) is 30.3 Å². The van der Waals surface area contributed by atoms with Gasteiger partial charge in [-0.3, -0.25) is 9.36 Å². The Morgan fingerprint density at radius 3 is 2.79 bits per heavy atom. The van der Waals surface area contributed by atoms with E-state index in [-0.39, 0.29) is 5.91 Å². The Bertz CT molecular complexity index is 1020. The molecule has 33 heavy (non-hydrogen) atoms. The lowest BCUT2D eigenvalue weighted by Gasteiger charge is -2.26. The molecule has 0 saturated carbocycles. The van der Waals surface area contributed by atoms with Gasteiger partial charge in [0, 0.05) is 25.3 Å². The third kappa shape index (κ3) is 6.17. The standard InChI is InChI=1S/C24H31N5O3S/c1-31-20-10-4-3-9-19(20)29-23(21-11-7-17-32-21)26-27-24(29)33-18-8-12-22(30)25-13-16-28-14-5-2-6-15-28/h3-4,7,9-11,17H,2,5-6,8,12-16,18H2,1H3,(H,25,30). The minimum Gasteiger partial charge on any atom is -0.495 e. The number of carbonyl (C=O) groups is 1. The average Bonchev–Trinajstić information content (AvgIpc) is 3.52. The van der Waals surface area contributed by atoms with Crippen molar-refractivity contribution in [2.24, 2.45) is 0 Å². The van der Waals surface area contributed by atoms with Crippen LogP contribution in [0.2, 0.25) is 0 Å². The van der Waals surface area contributed by atoms with Gasteiger partial charge in [0.25, 0.3) is 0 Å². The second kappa shape index (κ2) is 11.9. The summed E-state index contributed by atoms with van der Waals surface area (Å²) in [5, 5.41) is 12.5. The highest BCUT2D eigenvalue weighted by Crippen LogP contribution is 2.32. The van der Waals surface area contributed by atoms with E-state index < -0.39 is 0 Å². The SMILES string of the molecule is COc1ccccc1-n1c(SCCCC(=O)NCCN2CCCCC2)nnc1-c1ccco1. The molecule has 1 amide bonds. The van der Waals surface area contributed by atoms with Crippen LogP contribution in [-0.4, -0.2) is 64.6 Å². The number of piperidine rings is 1. The Hall–Kier alpha value is -2.78. The molecule has 0 atom stereocenters. The molecule has 9 heteroatoms. The molecule has 1 aliphatic heterocycles. The van der Waals surface area contributed by atoms with E-state index in [0.717, 1.165) is 54.9 Å². The minimum atomic E-state index is 0.107. The summed E-state index contributed by atoms with van der Waals surface area (Å²) in [5.41, 5.74) is 0.842. The second-order valence-electron chi connectivity index (χ2n) is 8.00. The lowest BCUT2D eigenvalue weighted by atomic mass is 10.1. The molecule has 8 nitrogen and oxygen atoms in total. The second-order valence-corrected chi connectivity index (χ2v) is 9.06. The molecular formula is C24H31N5O3S. The predicted octanol–water partition coefficient (Wildman–Crippen LogP) is 4.01. The third-order valence-corrected chi connectivity index (χ3v) is 6.69. The molecule has 0 bridgehead atoms. The summed E-state index contributed by atoms with van der Waals surface area (Å²) < 4.78 is 13.1. The predicted molar refractivity (Wildman–Crippen MR) is 129 cm³/mol. The van der Waals surface area contributed by atoms with E-state index in [0.29, 0.717) is 18.0 Å². The Labute approximate surface area is 198 Å². The smallest absolute Gasteiger partial charge is 0.220 e. The van der Waals surface area contributed by atoms with Crippen LogP contribution in [0.15, 0.2) is 52.2 Å². The molecule has 0 unspecified atom stereocenters. The number of nitrogens with zero attached hydrogens (tertiary/aromatic N) is 4. The van der Waals surface area contributed by atoms with Crippen LogP contribution < -0.4 is 10.1 Å². The van der Waals surface area contributed by atoms with E-state index in [9.17, 15) is 4.79 Å². The highest BCUT2D eigenvalue weighted by atomic mass is 32.2. The number of thioether (sulfide) groups is 1. The molecule has 1 saturated heterocycles. The molecule has 3 heterocycles. The molecule has 0 radical (unpaired) electrons. The number of nitrogens with one attached hydrogen (secondary N) is 1. The van der Waals surface area contributed by atoms with Crippen LogP contribution in [0.4, 0.5) is 0 Å². The number of amides is 1. The van der Waals surface area contributed by atoms with Crippen molar-refractivity contribution in [1.29, 1.82) is 0 Å². The van der Waals surface area contributed by atoms with Gasteiger partial charge >= 0.3 is 0 Å². The summed E-state index contributed by atoms with van der Waals surface area (Å²) in [5.74, 6) is 2.83. The number of furan rings is 1. The highest BCUT2D eigenvalue weighted by molar-refractivity contribution is 7.99. The van der Waals surface area contributed by atoms with Gasteiger partial charge in [-0.05, 0) is 56.6 Å². The first-order valence-electron chi connectivity index (χ1n) is 11.5. The number of hydrogen-bond donors (Lipinski definition) is 1. The number of aromatic nitrogens is 3. The van der Waals surface area contributed by atoms with E-state index in [1.54, 1.807) is 25.1 Å². The zero-order valence-corrected chi connectivity index (χ0v) is 19.9. The number of benzene rings is 1. The van der Waals surface area contributed by atoms with Crippen molar-refractivity contribution in [3.8, 4) is 23.0 Å². The lowest BCUT2D eigenvalue weighted by Crippen LogP contribution is -2.37. The maximum absolute atomic E-state index is 12.2. The Morgan fingerprint density at radius 2 is 2.00 bits per heavy atom. The first-order valence-corrected chi connectivity index (χ1v) is 12.5. The van der Waals surface area contributed by atoms with Gasteiger partial charge in [0.05, 0.1) is 19.1 Å². The summed E-state index contributed by atoms with van der Waals surface area (Å²) in [6, 6.07) is 11.4. The summed E-state index contributed by atoms with van der Waals surface area (Å²) in [6.45, 7) is 3.97. The van der Waals surface area contributed by atoms with Crippen LogP contribution >= 0.6 is 11.8 Å². The molecule has 1 N–H and O–H groups in total. The molecular weight excluding hydrogens is 438 g/mol. The Kier molecular flexibility index (Phi) is 8.43. The van der Waals surface area contributed by atoms with Crippen LogP contribution in [0.3, 0.4) is 0 Å². The number of hydrogen-bond acceptors (Lipinski definition) is 7. The molecule has 1 aromatic carbocycles. The molecule has 1 fully saturated rings. The van der Waals surface area contributed by atoms with Gasteiger partial charge in [-0.25, -0.2) is 0 Å². The largest absolute Gasteiger partial charge is 0.495 e. The molecule has 1 aliphatic rings. The van der Waals surface area contributed by atoms with Gasteiger partial charge in [0.1, 0.15) is 5.75 Å². The van der Waals surface area contributed by atoms with Crippen molar-refractivity contribution < 1.29 is 13.9 Å². The van der Waals surface area contributed by atoms with Gasteiger partial charge in [-0.15, -0.1) is 10.2 Å². The fourth-order valence-corrected chi connectivity index (χ4v) is 4.87. The van der Waals surface area contributed by atoms with Crippen molar-refractivity contribution in [2.75, 3.05) is 39.0 Å². The monoisotopic (exact) mass is 469 g/mol. The van der Waals surface area contributed by atoms with Gasteiger partial charge in [0.15, 0.2) is 10.9 Å². The van der Waals surface area contributed by atoms with Crippen LogP contribution in [-0.2, 0) is 4.79 Å². The number of rotatable bonds is 11. The quantitative estimate of drug-likeness (QED) is 0.335. The average molecular weight is 470 g/mol. The number of methoxy groups -OCH3 is 1. The lowest BCUT2D eigenvalue weighted by molar-refractivity contribution is -0.121. The van der Waals surface area contributed by atoms with Crippen molar-refractivity contribution in [1.82, 2.24) is 25.0 Å². The topological polar surface area (TPSA) is 85.4 Å². The first-order chi connectivity index (χ1) is 16.3. The first kappa shape index (κ1) is 23.4. The normalized spacial score (nSPS) is 14.3. The Balaban J connectivity index is 1.33. The molecule has 4 rings (SSSR count). The number of ether oxygens (including phenoxy) is 1. The van der Waals surface area contributed by atoms with Crippen LogP contribution in [0.1, 0.15) is 32.1 Å². The highest BCUT2D eigenvalue weighted by Gasteiger charge is 2.20. The summed E-state index contributed by atoms with van der Waals surface area (Å²) in [4.78, 5) is 14.7. The van der Waals surface area contributed by atoms with Gasteiger partial charge < -0.3 is 19.4 Å². The third-order valence-electron chi connectivity index (χ3n) is 5.68. The molecule has 176 valence electrons. The van der Waals surface area contributed by atoms with E-state index >= 15 is 0 Å². The van der Waals surface area contributed by atoms with Crippen LogP contribution in [0.25, 0.3) is 17.3 Å². The summed E-state index contributed by atoms with van der Waals surface area (Å²) >= 11 is 1.57. The fraction of sp³-hybridized carbons (Fsp3) is 0.458. The Morgan fingerprint density at radius 1 is 1.15 bits per heavy atom. The van der Waals surface area contributed by atoms with Crippen LogP contribution in [0.5, 0.6) is 5.75 Å². The van der Waals surface area contributed by atoms with E-state index in [4.69, 9.17) is 9.15 Å². The van der Waals surface area contributed by atoms with E-state index in [2.05, 4.69) is 20.4 Å². The minimum absolute atomic E-state index is 0.107. The van der Waals surface area contributed by atoms with Gasteiger partial charge in [0.2, 0.25) is 11.7 Å². The summed E-state index contributed by atoms with van der Waals surface area (Å²) in [7, 11) is 1.65. The van der Waals surface area contributed by atoms with Crippen molar-refractivity contribution in [2.45, 2.75) is 37.3 Å². The molecule has 0 aliphatic carbocycles. The maximum Gasteiger partial charge on any atom is 0.220 e. The van der Waals surface area contributed by atoms with E-state index in [1.165, 1.54) is 19.3 Å². The maximum atomic E-state index is 12.2. The number of carbonyl (C=O) groups excluding carboxylic acids is 1. The molecule has 0 spiro atoms. The fourth-order valence-electron chi connectivity index (χ4n) is 3.98. The van der Waals surface area contributed by atoms with E-state index in [1.807, 2.05) is 41.0 Å². The zero-order valence-electron chi connectivity index (χ0n) is 19.0. The summed E-state index contributed by atoms with van der Waals surface area (Å²) in [6.07, 6.45) is 6.75. The van der Waals surface area contributed by atoms with Crippen molar-refractivity contribution in [3.05, 3.63) is 42.7 Å². The van der Waals surface area contributed by atoms with Crippen LogP contribution in [0, 0.1) is 0 Å². The molecule has 3 aromatic rings. The van der Waals surface area contributed by atoms with Gasteiger partial charge in [-0.2, -0.15) is 0 Å². The van der Waals surface area contributed by atoms with Crippen molar-refractivity contribution in [3.63, 3.8) is 0 Å².